The number of nitrogens with one attached hydrogen (secondary N) is 1. The Morgan fingerprint density at radius 2 is 2.00 bits per heavy atom. The van der Waals surface area contributed by atoms with E-state index in [0.717, 1.165) is 12.2 Å². The molecule has 70 valence electrons. The Morgan fingerprint density at radius 3 is 2.50 bits per heavy atom. The van der Waals surface area contributed by atoms with Gasteiger partial charge in [0.2, 0.25) is 5.91 Å². The van der Waals surface area contributed by atoms with Gasteiger partial charge in [-0.2, -0.15) is 12.6 Å². The highest BCUT2D eigenvalue weighted by Gasteiger charge is 2.03. The Labute approximate surface area is 76.8 Å². The van der Waals surface area contributed by atoms with Crippen LogP contribution in [-0.4, -0.2) is 29.3 Å². The highest BCUT2D eigenvalue weighted by molar-refractivity contribution is 7.80. The first-order valence-corrected chi connectivity index (χ1v) is 4.39. The predicted molar refractivity (Wildman–Crippen MR) is 48.3 cm³/mol. The van der Waals surface area contributed by atoms with E-state index >= 15 is 0 Å². The molecular formula is C7H13NO3S. The van der Waals surface area contributed by atoms with Crippen LogP contribution in [-0.2, 0) is 9.59 Å². The van der Waals surface area contributed by atoms with Crippen molar-refractivity contribution in [3.05, 3.63) is 0 Å². The molecule has 0 saturated carbocycles. The van der Waals surface area contributed by atoms with Crippen molar-refractivity contribution >= 4 is 24.5 Å². The molecule has 0 aliphatic heterocycles. The monoisotopic (exact) mass is 191 g/mol. The van der Waals surface area contributed by atoms with Crippen LogP contribution in [0, 0.1) is 0 Å². The number of thiol groups is 1. The van der Waals surface area contributed by atoms with Gasteiger partial charge in [-0.3, -0.25) is 9.59 Å². The van der Waals surface area contributed by atoms with E-state index in [9.17, 15) is 9.59 Å². The van der Waals surface area contributed by atoms with Crippen molar-refractivity contribution in [2.75, 3.05) is 12.3 Å². The smallest absolute Gasteiger partial charge is 0.303 e. The average Bonchev–Trinajstić information content (AvgIpc) is 2.01. The molecule has 0 aromatic rings. The van der Waals surface area contributed by atoms with Gasteiger partial charge in [0.15, 0.2) is 0 Å². The van der Waals surface area contributed by atoms with Crippen molar-refractivity contribution in [2.24, 2.45) is 0 Å². The Kier molecular flexibility index (Phi) is 6.55. The van der Waals surface area contributed by atoms with E-state index in [1.807, 2.05) is 0 Å². The van der Waals surface area contributed by atoms with Crippen LogP contribution in [0.2, 0.25) is 0 Å². The second kappa shape index (κ2) is 6.97. The minimum absolute atomic E-state index is 0.0574. The lowest BCUT2D eigenvalue weighted by molar-refractivity contribution is -0.138. The molecule has 12 heavy (non-hydrogen) atoms. The van der Waals surface area contributed by atoms with E-state index in [-0.39, 0.29) is 18.7 Å². The first-order chi connectivity index (χ1) is 5.66. The normalized spacial score (nSPS) is 9.42. The van der Waals surface area contributed by atoms with Gasteiger partial charge in [0.1, 0.15) is 0 Å². The molecule has 0 bridgehead atoms. The maximum absolute atomic E-state index is 10.8. The van der Waals surface area contributed by atoms with Gasteiger partial charge in [-0.05, 0) is 12.2 Å². The summed E-state index contributed by atoms with van der Waals surface area (Å²) in [4.78, 5) is 20.9. The Hall–Kier alpha value is -0.710. The van der Waals surface area contributed by atoms with Crippen molar-refractivity contribution in [3.8, 4) is 0 Å². The number of carboxylic acids is 1. The van der Waals surface area contributed by atoms with Crippen LogP contribution in [0.4, 0.5) is 0 Å². The maximum Gasteiger partial charge on any atom is 0.303 e. The fraction of sp³-hybridized carbons (Fsp3) is 0.714. The number of rotatable bonds is 6. The molecule has 4 nitrogen and oxygen atoms in total. The lowest BCUT2D eigenvalue weighted by Gasteiger charge is -2.01. The number of carbonyl (C=O) groups excluding carboxylic acids is 1. The molecular weight excluding hydrogens is 178 g/mol. The topological polar surface area (TPSA) is 66.4 Å². The minimum Gasteiger partial charge on any atom is -0.481 e. The molecule has 5 heteroatoms. The summed E-state index contributed by atoms with van der Waals surface area (Å²) in [5, 5.41) is 10.8. The Morgan fingerprint density at radius 1 is 1.33 bits per heavy atom. The molecule has 0 saturated heterocycles. The first-order valence-electron chi connectivity index (χ1n) is 3.76. The molecule has 0 aliphatic carbocycles. The zero-order valence-corrected chi connectivity index (χ0v) is 7.64. The molecule has 0 atom stereocenters. The van der Waals surface area contributed by atoms with E-state index < -0.39 is 5.97 Å². The summed E-state index contributed by atoms with van der Waals surface area (Å²) < 4.78 is 0. The molecule has 0 unspecified atom stereocenters. The summed E-state index contributed by atoms with van der Waals surface area (Å²) >= 11 is 3.96. The lowest BCUT2D eigenvalue weighted by atomic mass is 10.3. The molecule has 0 heterocycles. The lowest BCUT2D eigenvalue weighted by Crippen LogP contribution is -2.24. The van der Waals surface area contributed by atoms with Crippen LogP contribution >= 0.6 is 12.6 Å². The molecule has 1 amide bonds. The van der Waals surface area contributed by atoms with Crippen LogP contribution < -0.4 is 5.32 Å². The van der Waals surface area contributed by atoms with Crippen molar-refractivity contribution < 1.29 is 14.7 Å². The number of carbonyl (C=O) groups is 2. The second-order valence-electron chi connectivity index (χ2n) is 2.32. The summed E-state index contributed by atoms with van der Waals surface area (Å²) in [6.45, 7) is 0.571. The number of hydrogen-bond acceptors (Lipinski definition) is 3. The minimum atomic E-state index is -0.945. The molecule has 0 rings (SSSR count). The molecule has 0 fully saturated rings. The third-order valence-electron chi connectivity index (χ3n) is 1.22. The highest BCUT2D eigenvalue weighted by Crippen LogP contribution is 1.88. The fourth-order valence-electron chi connectivity index (χ4n) is 0.616. The number of carboxylic acid groups (broad SMARTS) is 1. The van der Waals surface area contributed by atoms with Crippen LogP contribution in [0.1, 0.15) is 19.3 Å². The maximum atomic E-state index is 10.8. The zero-order chi connectivity index (χ0) is 9.40. The number of aliphatic carboxylic acids is 1. The standard InChI is InChI=1S/C7H13NO3S/c9-6(2-3-7(10)11)8-4-1-5-12/h12H,1-5H2,(H,8,9)(H,10,11). The van der Waals surface area contributed by atoms with Gasteiger partial charge in [0.05, 0.1) is 6.42 Å². The third kappa shape index (κ3) is 7.40. The average molecular weight is 191 g/mol. The Balaban J connectivity index is 3.28. The van der Waals surface area contributed by atoms with E-state index in [4.69, 9.17) is 5.11 Å². The van der Waals surface area contributed by atoms with Crippen molar-refractivity contribution in [3.63, 3.8) is 0 Å². The molecule has 0 spiro atoms. The number of amides is 1. The molecule has 0 aliphatic rings. The highest BCUT2D eigenvalue weighted by atomic mass is 32.1. The van der Waals surface area contributed by atoms with Crippen LogP contribution in [0.3, 0.4) is 0 Å². The summed E-state index contributed by atoms with van der Waals surface area (Å²) in [6.07, 6.45) is 0.760. The number of hydrogen-bond donors (Lipinski definition) is 3. The molecule has 2 N–H and O–H groups in total. The van der Waals surface area contributed by atoms with Crippen molar-refractivity contribution in [2.45, 2.75) is 19.3 Å². The SMILES string of the molecule is O=C(O)CCC(=O)NCCCS. The van der Waals surface area contributed by atoms with Gasteiger partial charge in [0, 0.05) is 13.0 Å². The molecule has 0 aromatic heterocycles. The summed E-state index contributed by atoms with van der Waals surface area (Å²) in [7, 11) is 0. The van der Waals surface area contributed by atoms with Gasteiger partial charge in [-0.25, -0.2) is 0 Å². The van der Waals surface area contributed by atoms with Crippen molar-refractivity contribution in [1.82, 2.24) is 5.32 Å². The van der Waals surface area contributed by atoms with E-state index in [1.165, 1.54) is 0 Å². The van der Waals surface area contributed by atoms with Crippen LogP contribution in [0.5, 0.6) is 0 Å². The van der Waals surface area contributed by atoms with E-state index in [0.29, 0.717) is 6.54 Å². The van der Waals surface area contributed by atoms with Crippen LogP contribution in [0.15, 0.2) is 0 Å². The predicted octanol–water partition coefficient (Wildman–Crippen LogP) is 0.287. The second-order valence-corrected chi connectivity index (χ2v) is 2.77. The summed E-state index contributed by atoms with van der Waals surface area (Å²) in [5.41, 5.74) is 0. The van der Waals surface area contributed by atoms with Gasteiger partial charge in [-0.15, -0.1) is 0 Å². The van der Waals surface area contributed by atoms with Gasteiger partial charge < -0.3 is 10.4 Å². The van der Waals surface area contributed by atoms with Crippen LogP contribution in [0.25, 0.3) is 0 Å². The van der Waals surface area contributed by atoms with E-state index in [1.54, 1.807) is 0 Å². The first kappa shape index (κ1) is 11.3. The largest absolute Gasteiger partial charge is 0.481 e. The van der Waals surface area contributed by atoms with Gasteiger partial charge in [0.25, 0.3) is 0 Å². The molecule has 0 radical (unpaired) electrons. The third-order valence-corrected chi connectivity index (χ3v) is 1.54. The van der Waals surface area contributed by atoms with Gasteiger partial charge in [-0.1, -0.05) is 0 Å². The van der Waals surface area contributed by atoms with Gasteiger partial charge >= 0.3 is 5.97 Å². The molecule has 0 aromatic carbocycles. The summed E-state index contributed by atoms with van der Waals surface area (Å²) in [6, 6.07) is 0. The Bertz CT molecular complexity index is 161. The van der Waals surface area contributed by atoms with Crippen molar-refractivity contribution in [1.29, 1.82) is 0 Å². The fourth-order valence-corrected chi connectivity index (χ4v) is 0.774. The quantitative estimate of drug-likeness (QED) is 0.417. The zero-order valence-electron chi connectivity index (χ0n) is 6.75. The van der Waals surface area contributed by atoms with E-state index in [2.05, 4.69) is 17.9 Å². The summed E-state index contributed by atoms with van der Waals surface area (Å²) in [5.74, 6) is -0.433.